The number of rotatable bonds is 3. The number of anilines is 1. The molecule has 0 radical (unpaired) electrons. The first-order chi connectivity index (χ1) is 9.65. The number of nitrogens with zero attached hydrogens (tertiary/aromatic N) is 2. The van der Waals surface area contributed by atoms with Gasteiger partial charge in [-0.15, -0.1) is 0 Å². The van der Waals surface area contributed by atoms with Gasteiger partial charge in [0, 0.05) is 18.3 Å². The molecular weight excluding hydrogens is 259 g/mol. The van der Waals surface area contributed by atoms with Crippen molar-refractivity contribution in [1.82, 2.24) is 4.98 Å². The van der Waals surface area contributed by atoms with Crippen molar-refractivity contribution in [1.29, 1.82) is 5.26 Å². The van der Waals surface area contributed by atoms with Gasteiger partial charge in [0.05, 0.1) is 11.4 Å². The average Bonchev–Trinajstić information content (AvgIpc) is 2.47. The molecule has 0 fully saturated rings. The quantitative estimate of drug-likeness (QED) is 0.889. The Morgan fingerprint density at radius 3 is 2.95 bits per heavy atom. The number of carbonyl (C=O) groups excluding carboxylic acids is 1. The molecule has 0 spiro atoms. The molecule has 0 aliphatic carbocycles. The van der Waals surface area contributed by atoms with Crippen LogP contribution in [0.4, 0.5) is 10.1 Å². The lowest BCUT2D eigenvalue weighted by atomic mass is 10.1. The maximum Gasteiger partial charge on any atom is 0.255 e. The van der Waals surface area contributed by atoms with Gasteiger partial charge in [-0.1, -0.05) is 6.07 Å². The van der Waals surface area contributed by atoms with Crippen molar-refractivity contribution in [3.63, 3.8) is 0 Å². The molecule has 0 saturated heterocycles. The Morgan fingerprint density at radius 1 is 1.45 bits per heavy atom. The smallest absolute Gasteiger partial charge is 0.255 e. The van der Waals surface area contributed by atoms with Gasteiger partial charge >= 0.3 is 0 Å². The first kappa shape index (κ1) is 13.6. The Balaban J connectivity index is 2.28. The average molecular weight is 270 g/mol. The van der Waals surface area contributed by atoms with Crippen LogP contribution < -0.4 is 11.1 Å². The number of aromatic nitrogens is 1. The third kappa shape index (κ3) is 2.79. The highest BCUT2D eigenvalue weighted by atomic mass is 19.1. The first-order valence-corrected chi connectivity index (χ1v) is 5.80. The van der Waals surface area contributed by atoms with Crippen molar-refractivity contribution in [2.75, 3.05) is 5.32 Å². The van der Waals surface area contributed by atoms with Crippen LogP contribution in [-0.4, -0.2) is 10.9 Å². The Bertz CT molecular complexity index is 694. The Hall–Kier alpha value is -2.78. The minimum absolute atomic E-state index is 0.128. The summed E-state index contributed by atoms with van der Waals surface area (Å²) in [6.45, 7) is 0.213. The minimum Gasteiger partial charge on any atom is -0.325 e. The van der Waals surface area contributed by atoms with Crippen molar-refractivity contribution < 1.29 is 9.18 Å². The van der Waals surface area contributed by atoms with Gasteiger partial charge in [0.25, 0.3) is 5.91 Å². The van der Waals surface area contributed by atoms with Crippen molar-refractivity contribution in [3.05, 3.63) is 59.2 Å². The van der Waals surface area contributed by atoms with Gasteiger partial charge in [-0.2, -0.15) is 5.26 Å². The maximum absolute atomic E-state index is 13.4. The summed E-state index contributed by atoms with van der Waals surface area (Å²) in [7, 11) is 0. The van der Waals surface area contributed by atoms with Gasteiger partial charge in [0.15, 0.2) is 0 Å². The first-order valence-electron chi connectivity index (χ1n) is 5.80. The van der Waals surface area contributed by atoms with Gasteiger partial charge in [-0.25, -0.2) is 4.39 Å². The minimum atomic E-state index is -0.678. The third-order valence-corrected chi connectivity index (χ3v) is 2.66. The van der Waals surface area contributed by atoms with E-state index >= 15 is 0 Å². The normalized spacial score (nSPS) is 9.85. The third-order valence-electron chi connectivity index (χ3n) is 2.66. The Labute approximate surface area is 114 Å². The second-order valence-electron chi connectivity index (χ2n) is 3.97. The van der Waals surface area contributed by atoms with E-state index in [1.165, 1.54) is 24.4 Å². The van der Waals surface area contributed by atoms with Crippen LogP contribution >= 0.6 is 0 Å². The molecule has 0 bridgehead atoms. The molecular formula is C14H11FN4O. The molecule has 0 aliphatic heterocycles. The topological polar surface area (TPSA) is 91.8 Å². The molecule has 0 saturated carbocycles. The molecule has 0 unspecified atom stereocenters. The van der Waals surface area contributed by atoms with E-state index in [4.69, 9.17) is 11.0 Å². The molecule has 5 nitrogen and oxygen atoms in total. The van der Waals surface area contributed by atoms with Crippen molar-refractivity contribution >= 4 is 11.6 Å². The molecule has 3 N–H and O–H groups in total. The number of nitriles is 1. The van der Waals surface area contributed by atoms with Crippen LogP contribution in [0.3, 0.4) is 0 Å². The van der Waals surface area contributed by atoms with E-state index in [1.807, 2.05) is 0 Å². The zero-order valence-corrected chi connectivity index (χ0v) is 10.4. The van der Waals surface area contributed by atoms with Crippen LogP contribution in [0.5, 0.6) is 0 Å². The molecule has 100 valence electrons. The highest BCUT2D eigenvalue weighted by Gasteiger charge is 2.12. The summed E-state index contributed by atoms with van der Waals surface area (Å²) in [6.07, 6.45) is 1.47. The molecule has 0 atom stereocenters. The van der Waals surface area contributed by atoms with Crippen molar-refractivity contribution in [2.24, 2.45) is 5.73 Å². The monoisotopic (exact) mass is 270 g/mol. The van der Waals surface area contributed by atoms with E-state index < -0.39 is 11.7 Å². The second kappa shape index (κ2) is 5.91. The fourth-order valence-corrected chi connectivity index (χ4v) is 1.67. The number of hydrogen-bond acceptors (Lipinski definition) is 4. The van der Waals surface area contributed by atoms with Crippen molar-refractivity contribution in [2.45, 2.75) is 6.54 Å². The molecule has 6 heteroatoms. The van der Waals surface area contributed by atoms with Gasteiger partial charge < -0.3 is 11.1 Å². The SMILES string of the molecule is N#Cc1c(F)cccc1NC(=O)c1ccnc(CN)c1. The van der Waals surface area contributed by atoms with Crippen molar-refractivity contribution in [3.8, 4) is 6.07 Å². The molecule has 0 aliphatic rings. The lowest BCUT2D eigenvalue weighted by Crippen LogP contribution is -2.14. The number of halogens is 1. The highest BCUT2D eigenvalue weighted by molar-refractivity contribution is 6.04. The van der Waals surface area contributed by atoms with E-state index in [1.54, 1.807) is 12.1 Å². The van der Waals surface area contributed by atoms with Crippen LogP contribution in [0.1, 0.15) is 21.6 Å². The summed E-state index contributed by atoms with van der Waals surface area (Å²) >= 11 is 0. The lowest BCUT2D eigenvalue weighted by molar-refractivity contribution is 0.102. The number of carbonyl (C=O) groups is 1. The summed E-state index contributed by atoms with van der Waals surface area (Å²) in [4.78, 5) is 16.0. The molecule has 1 heterocycles. The van der Waals surface area contributed by atoms with E-state index in [2.05, 4.69) is 10.3 Å². The fourth-order valence-electron chi connectivity index (χ4n) is 1.67. The van der Waals surface area contributed by atoms with Gasteiger partial charge in [-0.3, -0.25) is 9.78 Å². The number of amides is 1. The van der Waals surface area contributed by atoms with Crippen LogP contribution in [0.2, 0.25) is 0 Å². The summed E-state index contributed by atoms with van der Waals surface area (Å²) in [5.74, 6) is -1.13. The zero-order valence-electron chi connectivity index (χ0n) is 10.4. The zero-order chi connectivity index (χ0) is 14.5. The van der Waals surface area contributed by atoms with E-state index in [-0.39, 0.29) is 17.8 Å². The number of hydrogen-bond donors (Lipinski definition) is 2. The summed E-state index contributed by atoms with van der Waals surface area (Å²) in [6, 6.07) is 8.82. The summed E-state index contributed by atoms with van der Waals surface area (Å²) in [5, 5.41) is 11.4. The fraction of sp³-hybridized carbons (Fsp3) is 0.0714. The molecule has 2 aromatic rings. The molecule has 1 amide bonds. The molecule has 1 aromatic heterocycles. The van der Waals surface area contributed by atoms with E-state index in [0.29, 0.717) is 11.3 Å². The second-order valence-corrected chi connectivity index (χ2v) is 3.97. The molecule has 1 aromatic carbocycles. The molecule has 2 rings (SSSR count). The van der Waals surface area contributed by atoms with Gasteiger partial charge in [0.2, 0.25) is 0 Å². The number of nitrogens with one attached hydrogen (secondary N) is 1. The number of pyridine rings is 1. The summed E-state index contributed by atoms with van der Waals surface area (Å²) in [5.41, 5.74) is 6.29. The predicted octanol–water partition coefficient (Wildman–Crippen LogP) is 1.80. The Morgan fingerprint density at radius 2 is 2.25 bits per heavy atom. The highest BCUT2D eigenvalue weighted by Crippen LogP contribution is 2.18. The van der Waals surface area contributed by atoms with Gasteiger partial charge in [0.1, 0.15) is 17.4 Å². The largest absolute Gasteiger partial charge is 0.325 e. The summed E-state index contributed by atoms with van der Waals surface area (Å²) < 4.78 is 13.4. The van der Waals surface area contributed by atoms with Crippen LogP contribution in [-0.2, 0) is 6.54 Å². The van der Waals surface area contributed by atoms with Crippen LogP contribution in [0.25, 0.3) is 0 Å². The van der Waals surface area contributed by atoms with Gasteiger partial charge in [-0.05, 0) is 24.3 Å². The standard InChI is InChI=1S/C14H11FN4O/c15-12-2-1-3-13(11(12)8-17)19-14(20)9-4-5-18-10(6-9)7-16/h1-6H,7,16H2,(H,19,20). The molecule has 20 heavy (non-hydrogen) atoms. The van der Waals surface area contributed by atoms with Crippen LogP contribution in [0.15, 0.2) is 36.5 Å². The predicted molar refractivity (Wildman–Crippen MR) is 71.2 cm³/mol. The number of nitrogens with two attached hydrogens (primary N) is 1. The maximum atomic E-state index is 13.4. The Kier molecular flexibility index (Phi) is 4.03. The van der Waals surface area contributed by atoms with Crippen LogP contribution in [0, 0.1) is 17.1 Å². The van der Waals surface area contributed by atoms with E-state index in [0.717, 1.165) is 6.07 Å². The lowest BCUT2D eigenvalue weighted by Gasteiger charge is -2.08. The number of benzene rings is 1. The van der Waals surface area contributed by atoms with E-state index in [9.17, 15) is 9.18 Å².